The number of phenolic OH excluding ortho intramolecular Hbond substituents is 2. The molecule has 0 aliphatic heterocycles. The van der Waals surface area contributed by atoms with Gasteiger partial charge in [0.2, 0.25) is 0 Å². The molecule has 2 aromatic carbocycles. The smallest absolute Gasteiger partial charge is 0.417 e. The lowest BCUT2D eigenvalue weighted by molar-refractivity contribution is -0.137. The molecule has 3 aromatic rings. The van der Waals surface area contributed by atoms with Gasteiger partial charge in [-0.05, 0) is 58.0 Å². The highest BCUT2D eigenvalue weighted by Crippen LogP contribution is 2.52. The SMILES string of the molecule is N#Cc1sccc1C1C(c2cc(F)c(O)cc2F)=Cc2c1cc(O)cc2C(F)(F)F. The van der Waals surface area contributed by atoms with Gasteiger partial charge in [0, 0.05) is 17.5 Å². The topological polar surface area (TPSA) is 64.2 Å². The molecule has 30 heavy (non-hydrogen) atoms. The molecule has 1 aliphatic carbocycles. The van der Waals surface area contributed by atoms with Crippen LogP contribution < -0.4 is 0 Å². The second kappa shape index (κ2) is 6.85. The van der Waals surface area contributed by atoms with E-state index in [-0.39, 0.29) is 27.1 Å². The summed E-state index contributed by atoms with van der Waals surface area (Å²) in [4.78, 5) is 0.190. The van der Waals surface area contributed by atoms with Crippen LogP contribution in [0, 0.1) is 23.0 Å². The van der Waals surface area contributed by atoms with Gasteiger partial charge < -0.3 is 10.2 Å². The molecule has 1 unspecified atom stereocenters. The number of phenols is 2. The Balaban J connectivity index is 2.05. The predicted octanol–water partition coefficient (Wildman–Crippen LogP) is 6.01. The van der Waals surface area contributed by atoms with Crippen molar-refractivity contribution in [2.75, 3.05) is 0 Å². The molecule has 2 N–H and O–H groups in total. The summed E-state index contributed by atoms with van der Waals surface area (Å²) in [7, 11) is 0. The van der Waals surface area contributed by atoms with Crippen LogP contribution in [-0.4, -0.2) is 10.2 Å². The van der Waals surface area contributed by atoms with E-state index in [0.29, 0.717) is 23.8 Å². The third kappa shape index (κ3) is 3.09. The second-order valence-corrected chi connectivity index (χ2v) is 7.54. The van der Waals surface area contributed by atoms with Crippen molar-refractivity contribution in [2.45, 2.75) is 12.1 Å². The van der Waals surface area contributed by atoms with Gasteiger partial charge in [-0.15, -0.1) is 11.3 Å². The zero-order valence-corrected chi connectivity index (χ0v) is 15.6. The standard InChI is InChI=1S/C21H10F5NO2S/c22-16-7-18(29)17(23)6-12(16)14-5-11-13(3-9(28)4-15(11)21(24,25)26)20(14)10-1-2-30-19(10)8-27/h1-7,20,28-29H. The predicted molar refractivity (Wildman–Crippen MR) is 99.9 cm³/mol. The van der Waals surface area contributed by atoms with Crippen molar-refractivity contribution in [3.05, 3.63) is 80.0 Å². The van der Waals surface area contributed by atoms with Gasteiger partial charge in [-0.3, -0.25) is 0 Å². The van der Waals surface area contributed by atoms with E-state index >= 15 is 0 Å². The first-order valence-corrected chi connectivity index (χ1v) is 9.31. The number of thiophene rings is 1. The van der Waals surface area contributed by atoms with Crippen LogP contribution in [0.4, 0.5) is 22.0 Å². The van der Waals surface area contributed by atoms with Gasteiger partial charge in [-0.25, -0.2) is 8.78 Å². The largest absolute Gasteiger partial charge is 0.508 e. The summed E-state index contributed by atoms with van der Waals surface area (Å²) in [6.45, 7) is 0. The number of rotatable bonds is 2. The fraction of sp³-hybridized carbons (Fsp3) is 0.0952. The van der Waals surface area contributed by atoms with Crippen LogP contribution >= 0.6 is 11.3 Å². The molecule has 0 amide bonds. The van der Waals surface area contributed by atoms with Crippen LogP contribution in [0.1, 0.15) is 38.6 Å². The van der Waals surface area contributed by atoms with Gasteiger partial charge in [0.15, 0.2) is 11.6 Å². The minimum atomic E-state index is -4.81. The second-order valence-electron chi connectivity index (χ2n) is 6.63. The summed E-state index contributed by atoms with van der Waals surface area (Å²) in [5.74, 6) is -4.82. The fourth-order valence-corrected chi connectivity index (χ4v) is 4.39. The van der Waals surface area contributed by atoms with Crippen LogP contribution in [0.2, 0.25) is 0 Å². The molecule has 152 valence electrons. The number of allylic oxidation sites excluding steroid dienone is 1. The Labute approximate surface area is 170 Å². The number of hydrogen-bond donors (Lipinski definition) is 2. The first kappa shape index (κ1) is 19.9. The molecule has 9 heteroatoms. The first-order chi connectivity index (χ1) is 14.1. The van der Waals surface area contributed by atoms with Gasteiger partial charge in [-0.1, -0.05) is 0 Å². The Kier molecular flexibility index (Phi) is 4.55. The number of alkyl halides is 3. The Hall–Kier alpha value is -3.38. The average Bonchev–Trinajstić information content (AvgIpc) is 3.26. The molecule has 4 rings (SSSR count). The van der Waals surface area contributed by atoms with Crippen molar-refractivity contribution in [3.63, 3.8) is 0 Å². The van der Waals surface area contributed by atoms with Crippen molar-refractivity contribution in [3.8, 4) is 17.6 Å². The summed E-state index contributed by atoms with van der Waals surface area (Å²) < 4.78 is 69.4. The third-order valence-electron chi connectivity index (χ3n) is 4.88. The average molecular weight is 435 g/mol. The molecule has 0 fully saturated rings. The maximum Gasteiger partial charge on any atom is 0.417 e. The molecule has 0 radical (unpaired) electrons. The normalized spacial score (nSPS) is 15.6. The molecular weight excluding hydrogens is 425 g/mol. The van der Waals surface area contributed by atoms with Gasteiger partial charge in [-0.2, -0.15) is 18.4 Å². The number of nitrogens with zero attached hydrogens (tertiary/aromatic N) is 1. The van der Waals surface area contributed by atoms with Crippen LogP contribution in [0.15, 0.2) is 35.7 Å². The fourth-order valence-electron chi connectivity index (χ4n) is 3.66. The van der Waals surface area contributed by atoms with E-state index in [2.05, 4.69) is 0 Å². The molecule has 3 nitrogen and oxygen atoms in total. The Morgan fingerprint density at radius 2 is 1.73 bits per heavy atom. The van der Waals surface area contributed by atoms with E-state index in [4.69, 9.17) is 0 Å². The molecule has 0 spiro atoms. The van der Waals surface area contributed by atoms with Crippen molar-refractivity contribution < 1.29 is 32.2 Å². The van der Waals surface area contributed by atoms with Crippen LogP contribution in [0.3, 0.4) is 0 Å². The summed E-state index contributed by atoms with van der Waals surface area (Å²) in [6, 6.07) is 6.37. The van der Waals surface area contributed by atoms with E-state index in [9.17, 15) is 37.4 Å². The minimum absolute atomic E-state index is 0.0140. The Bertz CT molecular complexity index is 1250. The number of halogens is 5. The Morgan fingerprint density at radius 3 is 2.40 bits per heavy atom. The molecule has 0 bridgehead atoms. The number of fused-ring (bicyclic) bond motifs is 1. The lowest BCUT2D eigenvalue weighted by Gasteiger charge is -2.19. The maximum atomic E-state index is 14.6. The van der Waals surface area contributed by atoms with E-state index in [1.807, 2.05) is 6.07 Å². The van der Waals surface area contributed by atoms with Gasteiger partial charge in [0.25, 0.3) is 0 Å². The van der Waals surface area contributed by atoms with E-state index in [1.54, 1.807) is 5.38 Å². The number of hydrogen-bond acceptors (Lipinski definition) is 4. The molecule has 1 aliphatic rings. The highest BCUT2D eigenvalue weighted by molar-refractivity contribution is 7.10. The van der Waals surface area contributed by atoms with Gasteiger partial charge in [0.05, 0.1) is 5.56 Å². The summed E-state index contributed by atoms with van der Waals surface area (Å²) in [5.41, 5.74) is -1.49. The van der Waals surface area contributed by atoms with Crippen molar-refractivity contribution in [2.24, 2.45) is 0 Å². The van der Waals surface area contributed by atoms with Crippen molar-refractivity contribution >= 4 is 23.0 Å². The number of aromatic hydroxyl groups is 2. The number of nitriles is 1. The highest BCUT2D eigenvalue weighted by atomic mass is 32.1. The minimum Gasteiger partial charge on any atom is -0.508 e. The lowest BCUT2D eigenvalue weighted by atomic mass is 9.85. The molecule has 1 heterocycles. The summed E-state index contributed by atoms with van der Waals surface area (Å²) >= 11 is 1.05. The quantitative estimate of drug-likeness (QED) is 0.485. The molecule has 0 saturated carbocycles. The lowest BCUT2D eigenvalue weighted by Crippen LogP contribution is -2.09. The van der Waals surface area contributed by atoms with Crippen LogP contribution in [0.25, 0.3) is 11.6 Å². The van der Waals surface area contributed by atoms with E-state index in [1.165, 1.54) is 6.07 Å². The first-order valence-electron chi connectivity index (χ1n) is 8.43. The molecule has 0 saturated heterocycles. The van der Waals surface area contributed by atoms with Gasteiger partial charge >= 0.3 is 6.18 Å². The molecular formula is C21H10F5NO2S. The zero-order chi connectivity index (χ0) is 21.8. The summed E-state index contributed by atoms with van der Waals surface area (Å²) in [5, 5.41) is 30.3. The van der Waals surface area contributed by atoms with Crippen molar-refractivity contribution in [1.29, 1.82) is 5.26 Å². The highest BCUT2D eigenvalue weighted by Gasteiger charge is 2.40. The van der Waals surface area contributed by atoms with Crippen LogP contribution in [-0.2, 0) is 6.18 Å². The third-order valence-corrected chi connectivity index (χ3v) is 5.71. The number of benzene rings is 2. The van der Waals surface area contributed by atoms with Gasteiger partial charge in [0.1, 0.15) is 22.5 Å². The van der Waals surface area contributed by atoms with E-state index in [0.717, 1.165) is 23.5 Å². The zero-order valence-electron chi connectivity index (χ0n) is 14.8. The molecule has 1 aromatic heterocycles. The van der Waals surface area contributed by atoms with Crippen molar-refractivity contribution in [1.82, 2.24) is 0 Å². The Morgan fingerprint density at radius 1 is 1.00 bits per heavy atom. The van der Waals surface area contributed by atoms with Crippen LogP contribution in [0.5, 0.6) is 11.5 Å². The monoisotopic (exact) mass is 435 g/mol. The molecule has 1 atom stereocenters. The van der Waals surface area contributed by atoms with E-state index < -0.39 is 40.8 Å². The summed E-state index contributed by atoms with van der Waals surface area (Å²) in [6.07, 6.45) is -3.74. The maximum absolute atomic E-state index is 14.6.